The normalized spacial score (nSPS) is 14.8. The van der Waals surface area contributed by atoms with Gasteiger partial charge in [0.15, 0.2) is 0 Å². The Kier molecular flexibility index (Phi) is 5.47. The van der Waals surface area contributed by atoms with E-state index in [1.54, 1.807) is 6.07 Å². The molecule has 0 saturated heterocycles. The van der Waals surface area contributed by atoms with Gasteiger partial charge in [0.2, 0.25) is 0 Å². The smallest absolute Gasteiger partial charge is 0.126 e. The molecule has 0 fully saturated rings. The van der Waals surface area contributed by atoms with Gasteiger partial charge in [-0.15, -0.1) is 0 Å². The lowest BCUT2D eigenvalue weighted by Gasteiger charge is -2.23. The average Bonchev–Trinajstić information content (AvgIpc) is 2.29. The minimum atomic E-state index is -0.0827. The summed E-state index contributed by atoms with van der Waals surface area (Å²) in [5.41, 5.74) is 0.825. The average molecular weight is 223 g/mol. The highest BCUT2D eigenvalue weighted by molar-refractivity contribution is 5.18. The van der Waals surface area contributed by atoms with Crippen molar-refractivity contribution in [2.75, 3.05) is 6.54 Å². The Labute approximate surface area is 98.1 Å². The van der Waals surface area contributed by atoms with Crippen molar-refractivity contribution in [1.29, 1.82) is 0 Å². The molecule has 0 heterocycles. The lowest BCUT2D eigenvalue weighted by molar-refractivity contribution is 0.367. The molecule has 1 rings (SSSR count). The first-order valence-corrected chi connectivity index (χ1v) is 6.15. The highest BCUT2D eigenvalue weighted by atomic mass is 19.1. The Morgan fingerprint density at radius 2 is 1.94 bits per heavy atom. The molecule has 0 saturated carbocycles. The van der Waals surface area contributed by atoms with Gasteiger partial charge in [-0.05, 0) is 36.9 Å². The molecule has 2 unspecified atom stereocenters. The highest BCUT2D eigenvalue weighted by Gasteiger charge is 2.15. The van der Waals surface area contributed by atoms with Crippen molar-refractivity contribution in [3.63, 3.8) is 0 Å². The molecule has 0 aliphatic heterocycles. The Bertz CT molecular complexity index is 311. The van der Waals surface area contributed by atoms with E-state index in [-0.39, 0.29) is 5.82 Å². The van der Waals surface area contributed by atoms with E-state index in [2.05, 4.69) is 26.1 Å². The van der Waals surface area contributed by atoms with Gasteiger partial charge < -0.3 is 5.32 Å². The largest absolute Gasteiger partial charge is 0.314 e. The van der Waals surface area contributed by atoms with Crippen molar-refractivity contribution in [3.8, 4) is 0 Å². The molecule has 1 nitrogen and oxygen atoms in total. The van der Waals surface area contributed by atoms with Crippen LogP contribution in [0, 0.1) is 11.7 Å². The molecule has 0 radical (unpaired) electrons. The van der Waals surface area contributed by atoms with Crippen molar-refractivity contribution in [2.45, 2.75) is 39.7 Å². The van der Waals surface area contributed by atoms with Crippen molar-refractivity contribution < 1.29 is 4.39 Å². The summed E-state index contributed by atoms with van der Waals surface area (Å²) in [5, 5.41) is 3.45. The van der Waals surface area contributed by atoms with Crippen molar-refractivity contribution in [3.05, 3.63) is 35.6 Å². The molecule has 1 aromatic rings. The molecule has 0 aliphatic rings. The summed E-state index contributed by atoms with van der Waals surface area (Å²) in [7, 11) is 0. The fourth-order valence-electron chi connectivity index (χ4n) is 2.16. The molecule has 0 spiro atoms. The van der Waals surface area contributed by atoms with Gasteiger partial charge in [0.25, 0.3) is 0 Å². The third-order valence-electron chi connectivity index (χ3n) is 3.09. The second kappa shape index (κ2) is 6.64. The number of rotatable bonds is 6. The maximum absolute atomic E-state index is 13.5. The van der Waals surface area contributed by atoms with E-state index >= 15 is 0 Å². The second-order valence-corrected chi connectivity index (χ2v) is 4.35. The SMILES string of the molecule is CCNC(CC)C(C)Cc1ccccc1F. The third-order valence-corrected chi connectivity index (χ3v) is 3.09. The predicted octanol–water partition coefficient (Wildman–Crippen LogP) is 3.39. The Morgan fingerprint density at radius 3 is 2.50 bits per heavy atom. The minimum Gasteiger partial charge on any atom is -0.314 e. The minimum absolute atomic E-state index is 0.0827. The summed E-state index contributed by atoms with van der Waals surface area (Å²) in [6.45, 7) is 7.44. The zero-order valence-electron chi connectivity index (χ0n) is 10.5. The number of hydrogen-bond acceptors (Lipinski definition) is 1. The van der Waals surface area contributed by atoms with Crippen LogP contribution in [0.15, 0.2) is 24.3 Å². The molecule has 0 amide bonds. The molecule has 0 aromatic heterocycles. The zero-order chi connectivity index (χ0) is 12.0. The molecule has 90 valence electrons. The van der Waals surface area contributed by atoms with Crippen LogP contribution in [0.25, 0.3) is 0 Å². The first-order valence-electron chi connectivity index (χ1n) is 6.15. The van der Waals surface area contributed by atoms with Crippen LogP contribution in [0.2, 0.25) is 0 Å². The van der Waals surface area contributed by atoms with Crippen LogP contribution in [0.5, 0.6) is 0 Å². The van der Waals surface area contributed by atoms with Gasteiger partial charge in [-0.2, -0.15) is 0 Å². The first kappa shape index (κ1) is 13.2. The Hall–Kier alpha value is -0.890. The van der Waals surface area contributed by atoms with Gasteiger partial charge in [0.05, 0.1) is 0 Å². The number of benzene rings is 1. The molecule has 2 heteroatoms. The quantitative estimate of drug-likeness (QED) is 0.779. The number of halogens is 1. The third kappa shape index (κ3) is 3.60. The standard InChI is InChI=1S/C14H22FN/c1-4-14(16-5-2)11(3)10-12-8-6-7-9-13(12)15/h6-9,11,14,16H,4-5,10H2,1-3H3. The molecule has 2 atom stereocenters. The van der Waals surface area contributed by atoms with Gasteiger partial charge in [0, 0.05) is 6.04 Å². The molecular weight excluding hydrogens is 201 g/mol. The summed E-state index contributed by atoms with van der Waals surface area (Å²) in [6.07, 6.45) is 1.89. The monoisotopic (exact) mass is 223 g/mol. The highest BCUT2D eigenvalue weighted by Crippen LogP contribution is 2.16. The Balaban J connectivity index is 2.62. The van der Waals surface area contributed by atoms with Gasteiger partial charge in [0.1, 0.15) is 5.82 Å². The van der Waals surface area contributed by atoms with Crippen LogP contribution in [-0.2, 0) is 6.42 Å². The Morgan fingerprint density at radius 1 is 1.25 bits per heavy atom. The topological polar surface area (TPSA) is 12.0 Å². The van der Waals surface area contributed by atoms with E-state index < -0.39 is 0 Å². The summed E-state index contributed by atoms with van der Waals surface area (Å²) >= 11 is 0. The van der Waals surface area contributed by atoms with Crippen LogP contribution in [0.3, 0.4) is 0 Å². The van der Waals surface area contributed by atoms with Gasteiger partial charge >= 0.3 is 0 Å². The van der Waals surface area contributed by atoms with Crippen LogP contribution in [-0.4, -0.2) is 12.6 Å². The summed E-state index contributed by atoms with van der Waals surface area (Å²) in [5.74, 6) is 0.377. The molecular formula is C14H22FN. The van der Waals surface area contributed by atoms with Crippen molar-refractivity contribution >= 4 is 0 Å². The van der Waals surface area contributed by atoms with Crippen LogP contribution in [0.4, 0.5) is 4.39 Å². The van der Waals surface area contributed by atoms with Gasteiger partial charge in [-0.3, -0.25) is 0 Å². The van der Waals surface area contributed by atoms with E-state index in [1.165, 1.54) is 6.07 Å². The van der Waals surface area contributed by atoms with Crippen molar-refractivity contribution in [2.24, 2.45) is 5.92 Å². The molecule has 0 aliphatic carbocycles. The predicted molar refractivity (Wildman–Crippen MR) is 67.0 cm³/mol. The molecule has 0 bridgehead atoms. The first-order chi connectivity index (χ1) is 7.69. The van der Waals surface area contributed by atoms with Gasteiger partial charge in [-0.25, -0.2) is 4.39 Å². The number of nitrogens with one attached hydrogen (secondary N) is 1. The molecule has 1 aromatic carbocycles. The van der Waals surface area contributed by atoms with E-state index in [9.17, 15) is 4.39 Å². The lowest BCUT2D eigenvalue weighted by atomic mass is 9.92. The fourth-order valence-corrected chi connectivity index (χ4v) is 2.16. The lowest BCUT2D eigenvalue weighted by Crippen LogP contribution is -2.35. The molecule has 1 N–H and O–H groups in total. The van der Waals surface area contributed by atoms with Crippen molar-refractivity contribution in [1.82, 2.24) is 5.32 Å². The van der Waals surface area contributed by atoms with E-state index in [4.69, 9.17) is 0 Å². The zero-order valence-corrected chi connectivity index (χ0v) is 10.5. The molecule has 16 heavy (non-hydrogen) atoms. The van der Waals surface area contributed by atoms with E-state index in [0.717, 1.165) is 24.9 Å². The fraction of sp³-hybridized carbons (Fsp3) is 0.571. The summed E-state index contributed by atoms with van der Waals surface area (Å²) < 4.78 is 13.5. The second-order valence-electron chi connectivity index (χ2n) is 4.35. The summed E-state index contributed by atoms with van der Waals surface area (Å²) in [4.78, 5) is 0. The van der Waals surface area contributed by atoms with E-state index in [0.29, 0.717) is 12.0 Å². The maximum Gasteiger partial charge on any atom is 0.126 e. The van der Waals surface area contributed by atoms with Gasteiger partial charge in [-0.1, -0.05) is 39.0 Å². The van der Waals surface area contributed by atoms with Crippen LogP contribution >= 0.6 is 0 Å². The summed E-state index contributed by atoms with van der Waals surface area (Å²) in [6, 6.07) is 7.54. The van der Waals surface area contributed by atoms with E-state index in [1.807, 2.05) is 12.1 Å². The van der Waals surface area contributed by atoms with Crippen LogP contribution < -0.4 is 5.32 Å². The number of hydrogen-bond donors (Lipinski definition) is 1. The maximum atomic E-state index is 13.5. The van der Waals surface area contributed by atoms with Crippen LogP contribution in [0.1, 0.15) is 32.8 Å².